The Morgan fingerprint density at radius 3 is 2.39 bits per heavy atom. The van der Waals surface area contributed by atoms with Gasteiger partial charge in [0.25, 0.3) is 5.91 Å². The van der Waals surface area contributed by atoms with Crippen LogP contribution in [0.3, 0.4) is 0 Å². The molecule has 1 heterocycles. The topological polar surface area (TPSA) is 60.0 Å². The van der Waals surface area contributed by atoms with Gasteiger partial charge in [0.05, 0.1) is 19.9 Å². The van der Waals surface area contributed by atoms with E-state index in [4.69, 9.17) is 26.4 Å². The number of para-hydroxylation sites is 1. The minimum atomic E-state index is -0.193. The van der Waals surface area contributed by atoms with Gasteiger partial charge in [0.2, 0.25) is 0 Å². The number of nitrogens with zero attached hydrogens (tertiary/aromatic N) is 1. The van der Waals surface area contributed by atoms with Gasteiger partial charge in [-0.3, -0.25) is 9.69 Å². The van der Waals surface area contributed by atoms with Crippen molar-refractivity contribution < 1.29 is 19.0 Å². The first-order valence-electron chi connectivity index (χ1n) is 10.4. The zero-order valence-electron chi connectivity index (χ0n) is 18.6. The van der Waals surface area contributed by atoms with Crippen LogP contribution in [0.5, 0.6) is 17.2 Å². The van der Waals surface area contributed by atoms with E-state index in [1.807, 2.05) is 73.7 Å². The van der Waals surface area contributed by atoms with Crippen LogP contribution in [0.2, 0.25) is 0 Å². The van der Waals surface area contributed by atoms with Crippen LogP contribution in [-0.4, -0.2) is 25.2 Å². The largest absolute Gasteiger partial charge is 0.497 e. The Bertz CT molecular complexity index is 1220. The minimum Gasteiger partial charge on any atom is -0.497 e. The summed E-state index contributed by atoms with van der Waals surface area (Å²) in [5.41, 5.74) is 3.83. The molecule has 7 heteroatoms. The van der Waals surface area contributed by atoms with Crippen molar-refractivity contribution >= 4 is 35.0 Å². The maximum Gasteiger partial charge on any atom is 0.281 e. The second kappa shape index (κ2) is 9.75. The molecule has 4 rings (SSSR count). The van der Waals surface area contributed by atoms with E-state index in [-0.39, 0.29) is 5.91 Å². The van der Waals surface area contributed by atoms with Crippen molar-refractivity contribution in [1.29, 1.82) is 0 Å². The molecule has 6 nitrogen and oxygen atoms in total. The predicted molar refractivity (Wildman–Crippen MR) is 133 cm³/mol. The number of ether oxygens (including phenoxy) is 3. The summed E-state index contributed by atoms with van der Waals surface area (Å²) in [6, 6.07) is 20.7. The molecule has 33 heavy (non-hydrogen) atoms. The maximum atomic E-state index is 13.1. The maximum absolute atomic E-state index is 13.1. The molecule has 1 fully saturated rings. The van der Waals surface area contributed by atoms with Crippen molar-refractivity contribution in [2.75, 3.05) is 19.1 Å². The highest BCUT2D eigenvalue weighted by Crippen LogP contribution is 2.27. The molecule has 3 aromatic carbocycles. The van der Waals surface area contributed by atoms with Gasteiger partial charge in [-0.2, -0.15) is 0 Å². The molecule has 0 unspecified atom stereocenters. The summed E-state index contributed by atoms with van der Waals surface area (Å²) in [4.78, 5) is 14.6. The van der Waals surface area contributed by atoms with Gasteiger partial charge in [0, 0.05) is 5.56 Å². The van der Waals surface area contributed by atoms with E-state index in [0.29, 0.717) is 28.9 Å². The highest BCUT2D eigenvalue weighted by molar-refractivity contribution is 7.80. The van der Waals surface area contributed by atoms with Crippen molar-refractivity contribution in [2.24, 2.45) is 0 Å². The molecule has 1 amide bonds. The smallest absolute Gasteiger partial charge is 0.281 e. The average molecular weight is 461 g/mol. The Hall–Kier alpha value is -3.84. The van der Waals surface area contributed by atoms with Crippen LogP contribution >= 0.6 is 12.2 Å². The van der Waals surface area contributed by atoms with Gasteiger partial charge in [0.1, 0.15) is 29.6 Å². The number of benzene rings is 3. The van der Waals surface area contributed by atoms with Crippen LogP contribution in [0, 0.1) is 6.92 Å². The Balaban J connectivity index is 1.56. The summed E-state index contributed by atoms with van der Waals surface area (Å²) in [5, 5.41) is 3.40. The van der Waals surface area contributed by atoms with Crippen LogP contribution in [0.25, 0.3) is 6.08 Å². The van der Waals surface area contributed by atoms with Crippen LogP contribution in [0.4, 0.5) is 5.69 Å². The van der Waals surface area contributed by atoms with E-state index in [1.54, 1.807) is 20.3 Å². The number of nitrogens with one attached hydrogen (secondary N) is 1. The fourth-order valence-corrected chi connectivity index (χ4v) is 3.86. The Kier molecular flexibility index (Phi) is 6.60. The van der Waals surface area contributed by atoms with Crippen LogP contribution in [0.15, 0.2) is 72.4 Å². The fraction of sp³-hybridized carbons (Fsp3) is 0.154. The molecule has 0 saturated carbocycles. The van der Waals surface area contributed by atoms with Gasteiger partial charge in [-0.05, 0) is 78.8 Å². The highest BCUT2D eigenvalue weighted by Gasteiger charge is 2.32. The predicted octanol–water partition coefficient (Wildman–Crippen LogP) is 4.85. The lowest BCUT2D eigenvalue weighted by Gasteiger charge is -2.16. The normalized spacial score (nSPS) is 14.4. The first-order valence-corrected chi connectivity index (χ1v) is 10.8. The molecule has 1 aliphatic heterocycles. The fourth-order valence-electron chi connectivity index (χ4n) is 3.57. The lowest BCUT2D eigenvalue weighted by atomic mass is 10.1. The summed E-state index contributed by atoms with van der Waals surface area (Å²) in [7, 11) is 3.24. The zero-order valence-corrected chi connectivity index (χ0v) is 19.4. The monoisotopic (exact) mass is 460 g/mol. The summed E-state index contributed by atoms with van der Waals surface area (Å²) >= 11 is 5.44. The van der Waals surface area contributed by atoms with Crippen molar-refractivity contribution in [3.8, 4) is 17.2 Å². The molecule has 1 N–H and O–H groups in total. The third-order valence-corrected chi connectivity index (χ3v) is 5.59. The lowest BCUT2D eigenvalue weighted by molar-refractivity contribution is -0.113. The van der Waals surface area contributed by atoms with Gasteiger partial charge in [0.15, 0.2) is 5.11 Å². The lowest BCUT2D eigenvalue weighted by Crippen LogP contribution is -2.30. The van der Waals surface area contributed by atoms with Crippen molar-refractivity contribution in [3.05, 3.63) is 89.1 Å². The number of thiocarbonyl (C=S) groups is 1. The molecule has 0 bridgehead atoms. The van der Waals surface area contributed by atoms with Crippen LogP contribution in [0.1, 0.15) is 16.7 Å². The third kappa shape index (κ3) is 4.83. The van der Waals surface area contributed by atoms with E-state index in [2.05, 4.69) is 5.32 Å². The molecular formula is C26H24N2O4S. The quantitative estimate of drug-likeness (QED) is 0.402. The number of rotatable bonds is 7. The molecule has 168 valence electrons. The Morgan fingerprint density at radius 1 is 0.970 bits per heavy atom. The zero-order chi connectivity index (χ0) is 23.4. The van der Waals surface area contributed by atoms with Gasteiger partial charge >= 0.3 is 0 Å². The molecule has 1 aliphatic rings. The van der Waals surface area contributed by atoms with Gasteiger partial charge < -0.3 is 19.5 Å². The second-order valence-electron chi connectivity index (χ2n) is 7.45. The Morgan fingerprint density at radius 2 is 1.70 bits per heavy atom. The number of amides is 1. The number of hydrogen-bond donors (Lipinski definition) is 1. The van der Waals surface area contributed by atoms with E-state index in [0.717, 1.165) is 28.1 Å². The summed E-state index contributed by atoms with van der Waals surface area (Å²) in [5.74, 6) is 1.99. The molecule has 1 saturated heterocycles. The third-order valence-electron chi connectivity index (χ3n) is 5.30. The molecule has 0 atom stereocenters. The van der Waals surface area contributed by atoms with E-state index in [9.17, 15) is 4.79 Å². The molecule has 0 spiro atoms. The number of carbonyl (C=O) groups excluding carboxylic acids is 1. The Labute approximate surface area is 198 Å². The van der Waals surface area contributed by atoms with Crippen molar-refractivity contribution in [2.45, 2.75) is 13.5 Å². The van der Waals surface area contributed by atoms with Gasteiger partial charge in [-0.1, -0.05) is 24.3 Å². The van der Waals surface area contributed by atoms with Gasteiger partial charge in [-0.25, -0.2) is 0 Å². The van der Waals surface area contributed by atoms with E-state index >= 15 is 0 Å². The number of aryl methyl sites for hydroxylation is 1. The summed E-state index contributed by atoms with van der Waals surface area (Å²) < 4.78 is 16.6. The van der Waals surface area contributed by atoms with Crippen LogP contribution < -0.4 is 24.4 Å². The van der Waals surface area contributed by atoms with Crippen LogP contribution in [-0.2, 0) is 11.4 Å². The van der Waals surface area contributed by atoms with E-state index in [1.165, 1.54) is 4.90 Å². The molecular weight excluding hydrogens is 436 g/mol. The number of methoxy groups -OCH3 is 2. The van der Waals surface area contributed by atoms with Gasteiger partial charge in [-0.15, -0.1) is 0 Å². The molecule has 3 aromatic rings. The molecule has 0 radical (unpaired) electrons. The number of carbonyl (C=O) groups is 1. The highest BCUT2D eigenvalue weighted by atomic mass is 32.1. The van der Waals surface area contributed by atoms with Crippen molar-refractivity contribution in [3.63, 3.8) is 0 Å². The standard InChI is InChI=1S/C26H24N2O4S/c1-17-6-4-5-7-23(17)28-25(29)22(27-26(28)33)15-18-8-13-24(31-3)19(14-18)16-32-21-11-9-20(30-2)10-12-21/h4-15H,16H2,1-3H3,(H,27,33)/b22-15+. The number of hydrogen-bond acceptors (Lipinski definition) is 5. The molecule has 0 aliphatic carbocycles. The number of anilines is 1. The minimum absolute atomic E-state index is 0.193. The molecule has 0 aromatic heterocycles. The second-order valence-corrected chi connectivity index (χ2v) is 7.84. The van der Waals surface area contributed by atoms with Crippen molar-refractivity contribution in [1.82, 2.24) is 5.32 Å². The first-order chi connectivity index (χ1) is 16.0. The summed E-state index contributed by atoms with van der Waals surface area (Å²) in [6.07, 6.45) is 1.78. The average Bonchev–Trinajstić information content (AvgIpc) is 3.11. The summed E-state index contributed by atoms with van der Waals surface area (Å²) in [6.45, 7) is 2.26. The SMILES string of the molecule is COc1ccc(OCc2cc(/C=C3/NC(=S)N(c4ccccc4C)C3=O)ccc2OC)cc1. The first kappa shape index (κ1) is 22.4. The van der Waals surface area contributed by atoms with E-state index < -0.39 is 0 Å².